The molecule has 0 saturated carbocycles. The topological polar surface area (TPSA) is 56.1 Å². The van der Waals surface area contributed by atoms with Crippen molar-refractivity contribution in [2.75, 3.05) is 20.6 Å². The minimum Gasteiger partial charge on any atom is -0.353 e. The molecular formula is C16H23N3O. The second kappa shape index (κ2) is 7.06. The summed E-state index contributed by atoms with van der Waals surface area (Å²) in [4.78, 5) is 14.1. The van der Waals surface area contributed by atoms with Crippen molar-refractivity contribution in [1.82, 2.24) is 10.2 Å². The van der Waals surface area contributed by atoms with Crippen molar-refractivity contribution < 1.29 is 4.79 Å². The Morgan fingerprint density at radius 3 is 2.45 bits per heavy atom. The van der Waals surface area contributed by atoms with Gasteiger partial charge in [0, 0.05) is 12.1 Å². The largest absolute Gasteiger partial charge is 0.353 e. The highest BCUT2D eigenvalue weighted by atomic mass is 16.1. The van der Waals surface area contributed by atoms with E-state index in [2.05, 4.69) is 11.4 Å². The number of carbonyl (C=O) groups is 1. The zero-order chi connectivity index (χ0) is 15.2. The Hall–Kier alpha value is -1.86. The number of benzene rings is 1. The summed E-state index contributed by atoms with van der Waals surface area (Å²) in [6.07, 6.45) is 0.450. The molecule has 1 unspecified atom stereocenters. The summed E-state index contributed by atoms with van der Waals surface area (Å²) in [7, 11) is 3.94. The first-order valence-corrected chi connectivity index (χ1v) is 6.75. The summed E-state index contributed by atoms with van der Waals surface area (Å²) in [5.41, 5.74) is 0.864. The molecule has 1 aromatic rings. The van der Waals surface area contributed by atoms with Gasteiger partial charge in [0.1, 0.15) is 5.92 Å². The van der Waals surface area contributed by atoms with E-state index in [1.54, 1.807) is 0 Å². The van der Waals surface area contributed by atoms with Crippen LogP contribution in [0.3, 0.4) is 0 Å². The summed E-state index contributed by atoms with van der Waals surface area (Å²) in [5, 5.41) is 12.0. The molecule has 0 spiro atoms. The second-order valence-corrected chi connectivity index (χ2v) is 5.80. The molecule has 0 saturated heterocycles. The van der Waals surface area contributed by atoms with Crippen molar-refractivity contribution in [2.24, 2.45) is 5.92 Å². The van der Waals surface area contributed by atoms with Crippen LogP contribution in [0.4, 0.5) is 0 Å². The molecule has 4 nitrogen and oxygen atoms in total. The van der Waals surface area contributed by atoms with Gasteiger partial charge in [0.2, 0.25) is 5.91 Å². The third kappa shape index (κ3) is 4.67. The van der Waals surface area contributed by atoms with E-state index in [1.807, 2.05) is 63.2 Å². The zero-order valence-corrected chi connectivity index (χ0v) is 12.7. The third-order valence-corrected chi connectivity index (χ3v) is 3.66. The molecule has 0 aliphatic rings. The summed E-state index contributed by atoms with van der Waals surface area (Å²) < 4.78 is 0. The zero-order valence-electron chi connectivity index (χ0n) is 12.7. The van der Waals surface area contributed by atoms with Crippen molar-refractivity contribution in [3.63, 3.8) is 0 Å². The van der Waals surface area contributed by atoms with E-state index in [-0.39, 0.29) is 11.4 Å². The Morgan fingerprint density at radius 2 is 1.95 bits per heavy atom. The Kier molecular flexibility index (Phi) is 5.72. The lowest BCUT2D eigenvalue weighted by Gasteiger charge is -2.32. The number of likely N-dealkylation sites (N-methyl/N-ethyl adjacent to an activating group) is 1. The molecule has 0 bridgehead atoms. The van der Waals surface area contributed by atoms with E-state index < -0.39 is 5.92 Å². The van der Waals surface area contributed by atoms with E-state index in [1.165, 1.54) is 0 Å². The maximum Gasteiger partial charge on any atom is 0.237 e. The predicted molar refractivity (Wildman–Crippen MR) is 80.0 cm³/mol. The second-order valence-electron chi connectivity index (χ2n) is 5.80. The monoisotopic (exact) mass is 273 g/mol. The van der Waals surface area contributed by atoms with E-state index in [0.29, 0.717) is 13.0 Å². The molecule has 1 N–H and O–H groups in total. The quantitative estimate of drug-likeness (QED) is 0.860. The van der Waals surface area contributed by atoms with Crippen LogP contribution in [0.2, 0.25) is 0 Å². The number of nitrogens with one attached hydrogen (secondary N) is 1. The molecule has 0 radical (unpaired) electrons. The Morgan fingerprint density at radius 1 is 1.35 bits per heavy atom. The average molecular weight is 273 g/mol. The first kappa shape index (κ1) is 16.2. The number of nitrogens with zero attached hydrogens (tertiary/aromatic N) is 2. The van der Waals surface area contributed by atoms with Crippen LogP contribution < -0.4 is 5.32 Å². The lowest BCUT2D eigenvalue weighted by molar-refractivity contribution is -0.123. The van der Waals surface area contributed by atoms with Crippen molar-refractivity contribution in [2.45, 2.75) is 25.8 Å². The molecule has 4 heteroatoms. The molecule has 20 heavy (non-hydrogen) atoms. The number of nitriles is 1. The van der Waals surface area contributed by atoms with Gasteiger partial charge in [-0.2, -0.15) is 5.26 Å². The first-order valence-electron chi connectivity index (χ1n) is 6.75. The Balaban J connectivity index is 2.59. The van der Waals surface area contributed by atoms with Crippen molar-refractivity contribution in [3.8, 4) is 6.07 Å². The molecule has 1 amide bonds. The van der Waals surface area contributed by atoms with Gasteiger partial charge in [-0.25, -0.2) is 0 Å². The van der Waals surface area contributed by atoms with Crippen LogP contribution in [0.1, 0.15) is 19.4 Å². The fourth-order valence-electron chi connectivity index (χ4n) is 1.63. The predicted octanol–water partition coefficient (Wildman–Crippen LogP) is 1.83. The Labute approximate surface area is 121 Å². The van der Waals surface area contributed by atoms with Crippen molar-refractivity contribution >= 4 is 5.91 Å². The number of amides is 1. The van der Waals surface area contributed by atoms with E-state index in [4.69, 9.17) is 0 Å². The average Bonchev–Trinajstić information content (AvgIpc) is 2.43. The third-order valence-electron chi connectivity index (χ3n) is 3.66. The molecule has 1 atom stereocenters. The minimum absolute atomic E-state index is 0.136. The molecular weight excluding hydrogens is 250 g/mol. The van der Waals surface area contributed by atoms with Crippen LogP contribution in [0.25, 0.3) is 0 Å². The van der Waals surface area contributed by atoms with Gasteiger partial charge in [-0.05, 0) is 39.9 Å². The SMILES string of the molecule is CN(C)C(C)(C)CNC(=O)C(C#N)Cc1ccccc1. The van der Waals surface area contributed by atoms with Crippen LogP contribution in [-0.4, -0.2) is 37.0 Å². The maximum absolute atomic E-state index is 12.1. The smallest absolute Gasteiger partial charge is 0.237 e. The van der Waals surface area contributed by atoms with Gasteiger partial charge in [-0.15, -0.1) is 0 Å². The molecule has 0 aliphatic heterocycles. The van der Waals surface area contributed by atoms with E-state index in [9.17, 15) is 10.1 Å². The molecule has 0 aromatic heterocycles. The number of hydrogen-bond acceptors (Lipinski definition) is 3. The van der Waals surface area contributed by atoms with Crippen LogP contribution in [0, 0.1) is 17.2 Å². The fourth-order valence-corrected chi connectivity index (χ4v) is 1.63. The summed E-state index contributed by atoms with van der Waals surface area (Å²) in [6.45, 7) is 4.61. The van der Waals surface area contributed by atoms with Gasteiger partial charge in [-0.1, -0.05) is 30.3 Å². The highest BCUT2D eigenvalue weighted by Crippen LogP contribution is 2.11. The van der Waals surface area contributed by atoms with Crippen molar-refractivity contribution in [3.05, 3.63) is 35.9 Å². The van der Waals surface area contributed by atoms with E-state index in [0.717, 1.165) is 5.56 Å². The van der Waals surface area contributed by atoms with Crippen LogP contribution in [0.5, 0.6) is 0 Å². The summed E-state index contributed by atoms with van der Waals surface area (Å²) in [6, 6.07) is 11.7. The summed E-state index contributed by atoms with van der Waals surface area (Å²) in [5.74, 6) is -0.846. The highest BCUT2D eigenvalue weighted by molar-refractivity contribution is 5.81. The van der Waals surface area contributed by atoms with Crippen LogP contribution in [-0.2, 0) is 11.2 Å². The van der Waals surface area contributed by atoms with Gasteiger partial charge in [0.05, 0.1) is 6.07 Å². The number of carbonyl (C=O) groups excluding carboxylic acids is 1. The van der Waals surface area contributed by atoms with Crippen LogP contribution >= 0.6 is 0 Å². The standard InChI is InChI=1S/C16H23N3O/c1-16(2,19(3)4)12-18-15(20)14(11-17)10-13-8-6-5-7-9-13/h5-9,14H,10,12H2,1-4H3,(H,18,20). The molecule has 1 aromatic carbocycles. The molecule has 1 rings (SSSR count). The van der Waals surface area contributed by atoms with Gasteiger partial charge in [-0.3, -0.25) is 4.79 Å². The first-order chi connectivity index (χ1) is 9.36. The molecule has 0 aliphatic carbocycles. The van der Waals surface area contributed by atoms with Crippen molar-refractivity contribution in [1.29, 1.82) is 5.26 Å². The molecule has 0 heterocycles. The maximum atomic E-state index is 12.1. The normalized spacial score (nSPS) is 12.8. The molecule has 0 fully saturated rings. The number of rotatable bonds is 6. The Bertz CT molecular complexity index is 474. The van der Waals surface area contributed by atoms with Gasteiger partial charge in [0.25, 0.3) is 0 Å². The number of hydrogen-bond donors (Lipinski definition) is 1. The minimum atomic E-state index is -0.643. The summed E-state index contributed by atoms with van der Waals surface area (Å²) >= 11 is 0. The van der Waals surface area contributed by atoms with Gasteiger partial charge < -0.3 is 10.2 Å². The van der Waals surface area contributed by atoms with Gasteiger partial charge >= 0.3 is 0 Å². The lowest BCUT2D eigenvalue weighted by Crippen LogP contribution is -2.49. The molecule has 108 valence electrons. The van der Waals surface area contributed by atoms with Gasteiger partial charge in [0.15, 0.2) is 0 Å². The van der Waals surface area contributed by atoms with Crippen LogP contribution in [0.15, 0.2) is 30.3 Å². The van der Waals surface area contributed by atoms with E-state index >= 15 is 0 Å². The lowest BCUT2D eigenvalue weighted by atomic mass is 9.99. The highest BCUT2D eigenvalue weighted by Gasteiger charge is 2.24. The fraction of sp³-hybridized carbons (Fsp3) is 0.500.